The van der Waals surface area contributed by atoms with E-state index in [1.165, 1.54) is 0 Å². The van der Waals surface area contributed by atoms with E-state index in [2.05, 4.69) is 5.32 Å². The van der Waals surface area contributed by atoms with Crippen LogP contribution < -0.4 is 24.3 Å². The van der Waals surface area contributed by atoms with Gasteiger partial charge in [-0.1, -0.05) is 42.5 Å². The second kappa shape index (κ2) is 12.4. The first-order chi connectivity index (χ1) is 16.1. The van der Waals surface area contributed by atoms with Crippen molar-refractivity contribution >= 4 is 5.91 Å². The van der Waals surface area contributed by atoms with Crippen LogP contribution in [-0.4, -0.2) is 33.8 Å². The monoisotopic (exact) mass is 449 g/mol. The first kappa shape index (κ1) is 24.0. The van der Waals surface area contributed by atoms with E-state index in [4.69, 9.17) is 18.9 Å². The predicted octanol–water partition coefficient (Wildman–Crippen LogP) is 4.58. The Hall–Kier alpha value is -3.67. The fraction of sp³-hybridized carbons (Fsp3) is 0.296. The summed E-state index contributed by atoms with van der Waals surface area (Å²) < 4.78 is 21.9. The number of carbonyl (C=O) groups excluding carboxylic acids is 1. The van der Waals surface area contributed by atoms with E-state index >= 15 is 0 Å². The molecule has 0 bridgehead atoms. The number of methoxy groups -OCH3 is 3. The highest BCUT2D eigenvalue weighted by Gasteiger charge is 2.09. The maximum Gasteiger partial charge on any atom is 0.224 e. The Kier molecular flexibility index (Phi) is 9.00. The number of nitrogens with one attached hydrogen (secondary N) is 1. The number of hydrogen-bond acceptors (Lipinski definition) is 5. The number of rotatable bonds is 12. The quantitative estimate of drug-likeness (QED) is 0.410. The van der Waals surface area contributed by atoms with Gasteiger partial charge in [-0.15, -0.1) is 0 Å². The minimum Gasteiger partial charge on any atom is -0.493 e. The summed E-state index contributed by atoms with van der Waals surface area (Å²) in [6.07, 6.45) is 1.94. The Morgan fingerprint density at radius 1 is 0.727 bits per heavy atom. The van der Waals surface area contributed by atoms with Crippen molar-refractivity contribution in [2.75, 3.05) is 27.9 Å². The molecule has 3 rings (SSSR count). The number of amides is 1. The van der Waals surface area contributed by atoms with Crippen LogP contribution in [0.4, 0.5) is 0 Å². The molecule has 1 N–H and O–H groups in total. The molecule has 0 aliphatic heterocycles. The van der Waals surface area contributed by atoms with Crippen LogP contribution in [0.25, 0.3) is 0 Å². The SMILES string of the molecule is COc1ccc(CC(=O)NCCCc2ccc(OCc3ccccc3)c(OC)c2)cc1OC. The van der Waals surface area contributed by atoms with Crippen LogP contribution in [-0.2, 0) is 24.2 Å². The van der Waals surface area contributed by atoms with Gasteiger partial charge in [0.05, 0.1) is 27.8 Å². The molecule has 6 heteroatoms. The lowest BCUT2D eigenvalue weighted by molar-refractivity contribution is -0.120. The highest BCUT2D eigenvalue weighted by molar-refractivity contribution is 5.78. The highest BCUT2D eigenvalue weighted by Crippen LogP contribution is 2.29. The van der Waals surface area contributed by atoms with Crippen molar-refractivity contribution in [2.45, 2.75) is 25.9 Å². The summed E-state index contributed by atoms with van der Waals surface area (Å²) in [4.78, 5) is 12.3. The van der Waals surface area contributed by atoms with E-state index in [0.717, 1.165) is 29.5 Å². The summed E-state index contributed by atoms with van der Waals surface area (Å²) in [7, 11) is 4.81. The molecule has 3 aromatic rings. The molecule has 174 valence electrons. The van der Waals surface area contributed by atoms with Crippen LogP contribution in [0.1, 0.15) is 23.1 Å². The maximum atomic E-state index is 12.3. The van der Waals surface area contributed by atoms with E-state index in [1.807, 2.05) is 66.7 Å². The van der Waals surface area contributed by atoms with Crippen LogP contribution in [0.15, 0.2) is 66.7 Å². The van der Waals surface area contributed by atoms with Crippen LogP contribution in [0.3, 0.4) is 0 Å². The molecule has 0 atom stereocenters. The lowest BCUT2D eigenvalue weighted by Gasteiger charge is -2.13. The van der Waals surface area contributed by atoms with Gasteiger partial charge in [-0.2, -0.15) is 0 Å². The van der Waals surface area contributed by atoms with Crippen molar-refractivity contribution in [3.63, 3.8) is 0 Å². The molecule has 0 radical (unpaired) electrons. The first-order valence-corrected chi connectivity index (χ1v) is 10.9. The molecule has 0 heterocycles. The molecule has 0 aromatic heterocycles. The molecule has 0 spiro atoms. The van der Waals surface area contributed by atoms with Gasteiger partial charge >= 0.3 is 0 Å². The van der Waals surface area contributed by atoms with Crippen molar-refractivity contribution in [3.8, 4) is 23.0 Å². The highest BCUT2D eigenvalue weighted by atomic mass is 16.5. The molecular weight excluding hydrogens is 418 g/mol. The zero-order chi connectivity index (χ0) is 23.5. The third-order valence-corrected chi connectivity index (χ3v) is 5.24. The van der Waals surface area contributed by atoms with E-state index < -0.39 is 0 Å². The Morgan fingerprint density at radius 3 is 2.09 bits per heavy atom. The Balaban J connectivity index is 1.44. The number of ether oxygens (including phenoxy) is 4. The fourth-order valence-corrected chi connectivity index (χ4v) is 3.48. The van der Waals surface area contributed by atoms with Gasteiger partial charge in [-0.3, -0.25) is 4.79 Å². The molecule has 0 fully saturated rings. The largest absolute Gasteiger partial charge is 0.493 e. The van der Waals surface area contributed by atoms with Crippen LogP contribution in [0.2, 0.25) is 0 Å². The topological polar surface area (TPSA) is 66.0 Å². The predicted molar refractivity (Wildman–Crippen MR) is 128 cm³/mol. The molecular formula is C27H31NO5. The third kappa shape index (κ3) is 7.17. The lowest BCUT2D eigenvalue weighted by atomic mass is 10.1. The lowest BCUT2D eigenvalue weighted by Crippen LogP contribution is -2.26. The third-order valence-electron chi connectivity index (χ3n) is 5.24. The number of aryl methyl sites for hydroxylation is 1. The summed E-state index contributed by atoms with van der Waals surface area (Å²) in [5, 5.41) is 2.98. The second-order valence-corrected chi connectivity index (χ2v) is 7.58. The van der Waals surface area contributed by atoms with Gasteiger partial charge < -0.3 is 24.3 Å². The summed E-state index contributed by atoms with van der Waals surface area (Å²) in [6, 6.07) is 21.5. The van der Waals surface area contributed by atoms with Gasteiger partial charge in [0.15, 0.2) is 23.0 Å². The minimum atomic E-state index is -0.0236. The molecule has 3 aromatic carbocycles. The average Bonchev–Trinajstić information content (AvgIpc) is 2.86. The van der Waals surface area contributed by atoms with Crippen molar-refractivity contribution in [3.05, 3.63) is 83.4 Å². The van der Waals surface area contributed by atoms with Gasteiger partial charge in [-0.05, 0) is 53.8 Å². The average molecular weight is 450 g/mol. The normalized spacial score (nSPS) is 10.4. The van der Waals surface area contributed by atoms with Crippen LogP contribution in [0, 0.1) is 0 Å². The number of hydrogen-bond donors (Lipinski definition) is 1. The first-order valence-electron chi connectivity index (χ1n) is 10.9. The summed E-state index contributed by atoms with van der Waals surface area (Å²) in [5.74, 6) is 2.67. The molecule has 0 aliphatic carbocycles. The van der Waals surface area contributed by atoms with Crippen molar-refractivity contribution in [2.24, 2.45) is 0 Å². The van der Waals surface area contributed by atoms with Crippen LogP contribution >= 0.6 is 0 Å². The summed E-state index contributed by atoms with van der Waals surface area (Å²) >= 11 is 0. The maximum absolute atomic E-state index is 12.3. The molecule has 0 saturated heterocycles. The van der Waals surface area contributed by atoms with Crippen LogP contribution in [0.5, 0.6) is 23.0 Å². The summed E-state index contributed by atoms with van der Waals surface area (Å²) in [6.45, 7) is 1.09. The molecule has 0 unspecified atom stereocenters. The summed E-state index contributed by atoms with van der Waals surface area (Å²) in [5.41, 5.74) is 3.11. The van der Waals surface area contributed by atoms with Crippen molar-refractivity contribution in [1.29, 1.82) is 0 Å². The molecule has 0 aliphatic rings. The van der Waals surface area contributed by atoms with E-state index in [9.17, 15) is 4.79 Å². The van der Waals surface area contributed by atoms with Gasteiger partial charge in [0.25, 0.3) is 0 Å². The van der Waals surface area contributed by atoms with Gasteiger partial charge in [0.2, 0.25) is 5.91 Å². The Bertz CT molecular complexity index is 1040. The number of carbonyl (C=O) groups is 1. The van der Waals surface area contributed by atoms with E-state index in [0.29, 0.717) is 42.6 Å². The van der Waals surface area contributed by atoms with E-state index in [1.54, 1.807) is 21.3 Å². The Labute approximate surface area is 195 Å². The Morgan fingerprint density at radius 2 is 1.36 bits per heavy atom. The van der Waals surface area contributed by atoms with Gasteiger partial charge in [-0.25, -0.2) is 0 Å². The second-order valence-electron chi connectivity index (χ2n) is 7.58. The van der Waals surface area contributed by atoms with E-state index in [-0.39, 0.29) is 5.91 Å². The molecule has 0 saturated carbocycles. The smallest absolute Gasteiger partial charge is 0.224 e. The van der Waals surface area contributed by atoms with Crippen molar-refractivity contribution in [1.82, 2.24) is 5.32 Å². The zero-order valence-corrected chi connectivity index (χ0v) is 19.4. The minimum absolute atomic E-state index is 0.0236. The molecule has 6 nitrogen and oxygen atoms in total. The fourth-order valence-electron chi connectivity index (χ4n) is 3.48. The van der Waals surface area contributed by atoms with Gasteiger partial charge in [0.1, 0.15) is 6.61 Å². The number of benzene rings is 3. The van der Waals surface area contributed by atoms with Gasteiger partial charge in [0, 0.05) is 6.54 Å². The van der Waals surface area contributed by atoms with Crippen molar-refractivity contribution < 1.29 is 23.7 Å². The zero-order valence-electron chi connectivity index (χ0n) is 19.4. The standard InChI is InChI=1S/C27H31NO5/c1-30-23-13-12-22(17-25(23)31-2)18-27(29)28-15-7-10-20-11-14-24(26(16-20)32-3)33-19-21-8-5-4-6-9-21/h4-6,8-9,11-14,16-17H,7,10,15,18-19H2,1-3H3,(H,28,29). The molecule has 1 amide bonds. The molecule has 33 heavy (non-hydrogen) atoms.